The number of fused-ring (bicyclic) bond motifs is 27. The molecule has 0 atom stereocenters. The van der Waals surface area contributed by atoms with Crippen molar-refractivity contribution in [3.8, 4) is 101 Å². The number of pyridine rings is 1. The number of rotatable bonds is 9. The lowest BCUT2D eigenvalue weighted by Crippen LogP contribution is -2.15. The predicted octanol–water partition coefficient (Wildman–Crippen LogP) is 31.6. The summed E-state index contributed by atoms with van der Waals surface area (Å²) < 4.78 is 14.8. The van der Waals surface area contributed by atoms with E-state index < -0.39 is 0 Å². The van der Waals surface area contributed by atoms with Gasteiger partial charge in [0.25, 0.3) is 0 Å². The molecule has 0 fully saturated rings. The summed E-state index contributed by atoms with van der Waals surface area (Å²) in [6.07, 6.45) is 0. The molecule has 18 aromatic carbocycles. The Morgan fingerprint density at radius 2 is 0.403 bits per heavy atom. The van der Waals surface area contributed by atoms with E-state index in [0.717, 1.165) is 116 Å². The molecule has 606 valence electrons. The zero-order chi connectivity index (χ0) is 85.3. The second kappa shape index (κ2) is 26.0. The van der Waals surface area contributed by atoms with E-state index in [1.54, 1.807) is 0 Å². The van der Waals surface area contributed by atoms with E-state index in [2.05, 4.69) is 463 Å². The van der Waals surface area contributed by atoms with Crippen molar-refractivity contribution in [2.75, 3.05) is 0 Å². The number of nitrogens with zero attached hydrogens (tertiary/aromatic N) is 7. The van der Waals surface area contributed by atoms with Gasteiger partial charge in [-0.25, -0.2) is 4.98 Å². The molecule has 0 unspecified atom stereocenters. The van der Waals surface area contributed by atoms with E-state index in [4.69, 9.17) is 4.98 Å². The summed E-state index contributed by atoms with van der Waals surface area (Å²) in [6, 6.07) is 149. The Morgan fingerprint density at radius 3 is 0.721 bits per heavy atom. The summed E-state index contributed by atoms with van der Waals surface area (Å²) in [6.45, 7) is 14.2. The second-order valence-corrected chi connectivity index (χ2v) is 37.7. The quantitative estimate of drug-likeness (QED) is 0.142. The lowest BCUT2D eigenvalue weighted by atomic mass is 9.82. The fraction of sp³-hybridized carbons (Fsp3) is 0.0738. The standard InChI is InChI=1S/C122H83N7/c1-120(2)99-34-16-7-25-81(99)84-52-49-78(69-102(84)120)124-105-37-19-10-28-87(105)93-63-72(43-55-111(93)124)75-46-58-114-96(66-75)90-31-13-22-40-108(90)127(114)117-61-62-118(128-109-41-23-14-32-91(109)97-67-76(47-59-115(97)128)73-44-56-112-94(64-73)88-29-11-20-38-106(88)125(112)79-50-53-85-82-26-8-17-35-100(82)121(3,4)103(85)70-79)123-119(117)129-110-42-24-15-33-92(110)98-68-77(48-60-116(98)129)74-45-57-113-95(65-74)89-30-12-21-39-107(89)126(113)80-51-54-86-83-27-9-18-36-101(83)122(5,6)104(86)71-80/h7-71H,1-6H3. The third-order valence-corrected chi connectivity index (χ3v) is 30.0. The number of benzene rings is 18. The average molecular weight is 1650 g/mol. The van der Waals surface area contributed by atoms with Crippen LogP contribution < -0.4 is 0 Å². The van der Waals surface area contributed by atoms with Gasteiger partial charge >= 0.3 is 0 Å². The van der Waals surface area contributed by atoms with Gasteiger partial charge in [0, 0.05) is 97.9 Å². The van der Waals surface area contributed by atoms with Crippen molar-refractivity contribution in [1.29, 1.82) is 0 Å². The van der Waals surface area contributed by atoms with Crippen LogP contribution in [0.5, 0.6) is 0 Å². The van der Waals surface area contributed by atoms with Crippen molar-refractivity contribution < 1.29 is 0 Å². The van der Waals surface area contributed by atoms with Crippen molar-refractivity contribution in [3.05, 3.63) is 428 Å². The molecule has 28 rings (SSSR count). The zero-order valence-electron chi connectivity index (χ0n) is 72.2. The van der Waals surface area contributed by atoms with E-state index in [-0.39, 0.29) is 16.2 Å². The third-order valence-electron chi connectivity index (χ3n) is 30.0. The molecular weight excluding hydrogens is 1560 g/mol. The number of hydrogen-bond donors (Lipinski definition) is 0. The molecule has 3 aliphatic carbocycles. The summed E-state index contributed by atoms with van der Waals surface area (Å²) in [5.41, 5.74) is 40.8. The van der Waals surface area contributed by atoms with Crippen LogP contribution >= 0.6 is 0 Å². The SMILES string of the molecule is CC1(C)c2ccccc2-c2ccc(-n3c4ccccc4c4cc(-c5ccc6c(c5)c5ccccc5n6-c5ccc(-n6c7ccccc7c7cc(-c8ccc9c(c8)c8ccccc8n9-c8ccc9c(c8)C(C)(C)c8ccccc8-9)ccc76)c(-n6c7ccccc7c7cc(-c8ccc9c(c8)c8ccccc8n9-c8ccc9c(c8)C(C)(C)c8ccccc8-9)ccc76)n5)ccc43)cc21. The van der Waals surface area contributed by atoms with E-state index in [0.29, 0.717) is 0 Å². The van der Waals surface area contributed by atoms with Gasteiger partial charge in [-0.05, 0) is 258 Å². The normalized spacial score (nSPS) is 14.0. The molecule has 7 heteroatoms. The molecule has 7 aromatic heterocycles. The lowest BCUT2D eigenvalue weighted by molar-refractivity contribution is 0.660. The van der Waals surface area contributed by atoms with Crippen LogP contribution in [0.25, 0.3) is 232 Å². The van der Waals surface area contributed by atoms with E-state index in [1.165, 1.54) is 149 Å². The Morgan fingerprint density at radius 1 is 0.171 bits per heavy atom. The maximum absolute atomic E-state index is 6.22. The van der Waals surface area contributed by atoms with Crippen LogP contribution in [-0.2, 0) is 16.2 Å². The van der Waals surface area contributed by atoms with Crippen molar-refractivity contribution in [3.63, 3.8) is 0 Å². The molecule has 0 aliphatic heterocycles. The summed E-state index contributed by atoms with van der Waals surface area (Å²) >= 11 is 0. The highest BCUT2D eigenvalue weighted by Gasteiger charge is 2.39. The average Bonchev–Trinajstić information content (AvgIpc) is 1.57. The van der Waals surface area contributed by atoms with E-state index in [9.17, 15) is 0 Å². The van der Waals surface area contributed by atoms with Gasteiger partial charge in [0.15, 0.2) is 5.82 Å². The van der Waals surface area contributed by atoms with Crippen LogP contribution in [0.15, 0.2) is 394 Å². The summed E-state index contributed by atoms with van der Waals surface area (Å²) in [7, 11) is 0. The maximum Gasteiger partial charge on any atom is 0.164 e. The van der Waals surface area contributed by atoms with Crippen molar-refractivity contribution in [2.45, 2.75) is 57.8 Å². The largest absolute Gasteiger partial charge is 0.309 e. The highest BCUT2D eigenvalue weighted by molar-refractivity contribution is 6.18. The Labute approximate surface area is 744 Å². The molecule has 25 aromatic rings. The van der Waals surface area contributed by atoms with Gasteiger partial charge in [-0.1, -0.05) is 278 Å². The summed E-state index contributed by atoms with van der Waals surface area (Å²) in [5.74, 6) is 1.63. The molecule has 0 amide bonds. The van der Waals surface area contributed by atoms with E-state index >= 15 is 0 Å². The first-order valence-electron chi connectivity index (χ1n) is 45.2. The zero-order valence-corrected chi connectivity index (χ0v) is 72.2. The molecule has 0 spiro atoms. The first-order chi connectivity index (χ1) is 63.2. The molecule has 0 saturated carbocycles. The fourth-order valence-corrected chi connectivity index (χ4v) is 23.9. The molecule has 3 aliphatic rings. The van der Waals surface area contributed by atoms with Crippen LogP contribution in [0.1, 0.15) is 74.9 Å². The van der Waals surface area contributed by atoms with Crippen LogP contribution in [0.3, 0.4) is 0 Å². The molecule has 7 nitrogen and oxygen atoms in total. The van der Waals surface area contributed by atoms with Gasteiger partial charge in [0.1, 0.15) is 5.82 Å². The topological polar surface area (TPSA) is 42.5 Å². The van der Waals surface area contributed by atoms with E-state index in [1.807, 2.05) is 0 Å². The minimum atomic E-state index is -0.132. The molecule has 7 heterocycles. The van der Waals surface area contributed by atoms with Crippen LogP contribution in [-0.4, -0.2) is 32.4 Å². The molecular formula is C122H83N7. The molecule has 0 saturated heterocycles. The van der Waals surface area contributed by atoms with Gasteiger partial charge in [-0.15, -0.1) is 0 Å². The predicted molar refractivity (Wildman–Crippen MR) is 539 cm³/mol. The van der Waals surface area contributed by atoms with Gasteiger partial charge in [-0.2, -0.15) is 0 Å². The minimum absolute atomic E-state index is 0.125. The Balaban J connectivity index is 0.608. The van der Waals surface area contributed by atoms with Crippen molar-refractivity contribution in [2.24, 2.45) is 0 Å². The molecule has 0 bridgehead atoms. The van der Waals surface area contributed by atoms with Crippen molar-refractivity contribution >= 4 is 131 Å². The number of para-hydroxylation sites is 6. The smallest absolute Gasteiger partial charge is 0.164 e. The van der Waals surface area contributed by atoms with Crippen molar-refractivity contribution in [1.82, 2.24) is 32.4 Å². The molecule has 129 heavy (non-hydrogen) atoms. The van der Waals surface area contributed by atoms with Gasteiger partial charge in [0.05, 0.1) is 71.9 Å². The summed E-state index contributed by atoms with van der Waals surface area (Å²) in [4.78, 5) is 6.22. The number of aromatic nitrogens is 7. The minimum Gasteiger partial charge on any atom is -0.309 e. The van der Waals surface area contributed by atoms with Crippen LogP contribution in [0.4, 0.5) is 0 Å². The van der Waals surface area contributed by atoms with Crippen LogP contribution in [0, 0.1) is 0 Å². The Kier molecular flexibility index (Phi) is 14.6. The highest BCUT2D eigenvalue weighted by atomic mass is 15.2. The van der Waals surface area contributed by atoms with Gasteiger partial charge in [0.2, 0.25) is 0 Å². The third kappa shape index (κ3) is 9.93. The summed E-state index contributed by atoms with van der Waals surface area (Å²) in [5, 5.41) is 14.3. The fourth-order valence-electron chi connectivity index (χ4n) is 23.9. The van der Waals surface area contributed by atoms with Crippen LogP contribution in [0.2, 0.25) is 0 Å². The highest BCUT2D eigenvalue weighted by Crippen LogP contribution is 2.55. The van der Waals surface area contributed by atoms with Gasteiger partial charge < -0.3 is 18.3 Å². The first kappa shape index (κ1) is 72.2. The Bertz CT molecular complexity index is 9310. The monoisotopic (exact) mass is 1650 g/mol. The lowest BCUT2D eigenvalue weighted by Gasteiger charge is -2.22. The molecule has 0 radical (unpaired) electrons. The Hall–Kier alpha value is -16.1. The number of hydrogen-bond acceptors (Lipinski definition) is 1. The second-order valence-electron chi connectivity index (χ2n) is 37.7. The molecule has 0 N–H and O–H groups in total. The first-order valence-corrected chi connectivity index (χ1v) is 45.2. The maximum atomic E-state index is 6.22. The van der Waals surface area contributed by atoms with Gasteiger partial charge in [-0.3, -0.25) is 9.13 Å².